The summed E-state index contributed by atoms with van der Waals surface area (Å²) in [6, 6.07) is 11.5. The lowest BCUT2D eigenvalue weighted by molar-refractivity contribution is -0.164. The molecule has 0 aliphatic carbocycles. The maximum absolute atomic E-state index is 13.4. The van der Waals surface area contributed by atoms with E-state index < -0.39 is 35.1 Å². The zero-order valence-corrected chi connectivity index (χ0v) is 14.1. The van der Waals surface area contributed by atoms with Gasteiger partial charge in [-0.3, -0.25) is 0 Å². The highest BCUT2D eigenvalue weighted by molar-refractivity contribution is 7.89. The summed E-state index contributed by atoms with van der Waals surface area (Å²) < 4.78 is 71.8. The van der Waals surface area contributed by atoms with E-state index in [1.165, 1.54) is 12.1 Å². The van der Waals surface area contributed by atoms with Gasteiger partial charge >= 0.3 is 6.18 Å². The van der Waals surface area contributed by atoms with Gasteiger partial charge in [-0.25, -0.2) is 8.42 Å². The number of hydrogen-bond acceptors (Lipinski definition) is 3. The number of ether oxygens (including phenoxy) is 1. The van der Waals surface area contributed by atoms with E-state index in [4.69, 9.17) is 4.74 Å². The highest BCUT2D eigenvalue weighted by Gasteiger charge is 2.55. The molecule has 2 unspecified atom stereocenters. The van der Waals surface area contributed by atoms with E-state index in [2.05, 4.69) is 0 Å². The van der Waals surface area contributed by atoms with Crippen LogP contribution in [0.4, 0.5) is 13.2 Å². The Morgan fingerprint density at radius 2 is 1.64 bits per heavy atom. The minimum atomic E-state index is -4.73. The van der Waals surface area contributed by atoms with Crippen molar-refractivity contribution >= 4 is 10.0 Å². The van der Waals surface area contributed by atoms with Crippen molar-refractivity contribution in [3.05, 3.63) is 65.7 Å². The van der Waals surface area contributed by atoms with E-state index in [1.807, 2.05) is 0 Å². The molecule has 25 heavy (non-hydrogen) atoms. The second-order valence-corrected chi connectivity index (χ2v) is 7.64. The van der Waals surface area contributed by atoms with Crippen LogP contribution in [0.25, 0.3) is 0 Å². The van der Waals surface area contributed by atoms with Gasteiger partial charge in [0.1, 0.15) is 6.04 Å². The first kappa shape index (κ1) is 17.9. The third-order valence-electron chi connectivity index (χ3n) is 4.01. The summed E-state index contributed by atoms with van der Waals surface area (Å²) in [7, 11) is -4.40. The van der Waals surface area contributed by atoms with Gasteiger partial charge in [-0.15, -0.1) is 0 Å². The molecule has 1 aliphatic rings. The lowest BCUT2D eigenvalue weighted by Crippen LogP contribution is -2.46. The zero-order valence-electron chi connectivity index (χ0n) is 13.3. The van der Waals surface area contributed by atoms with Crippen molar-refractivity contribution < 1.29 is 26.3 Å². The average molecular weight is 371 g/mol. The molecule has 1 heterocycles. The van der Waals surface area contributed by atoms with Gasteiger partial charge in [0.15, 0.2) is 6.23 Å². The van der Waals surface area contributed by atoms with Crippen molar-refractivity contribution in [2.45, 2.75) is 30.3 Å². The number of rotatable bonds is 3. The zero-order chi connectivity index (χ0) is 18.2. The predicted octanol–water partition coefficient (Wildman–Crippen LogP) is 3.65. The van der Waals surface area contributed by atoms with Crippen LogP contribution in [0, 0.1) is 6.92 Å². The molecule has 0 N–H and O–H groups in total. The number of alkyl halides is 3. The van der Waals surface area contributed by atoms with E-state index in [-0.39, 0.29) is 4.90 Å². The summed E-state index contributed by atoms with van der Waals surface area (Å²) in [4.78, 5) is -0.196. The van der Waals surface area contributed by atoms with Crippen molar-refractivity contribution in [1.82, 2.24) is 4.31 Å². The van der Waals surface area contributed by atoms with E-state index >= 15 is 0 Å². The summed E-state index contributed by atoms with van der Waals surface area (Å²) in [5, 5.41) is 0. The fraction of sp³-hybridized carbons (Fsp3) is 0.294. The van der Waals surface area contributed by atoms with Gasteiger partial charge in [-0.1, -0.05) is 48.0 Å². The molecule has 1 fully saturated rings. The normalized spacial score (nSPS) is 22.2. The van der Waals surface area contributed by atoms with E-state index in [1.54, 1.807) is 49.4 Å². The van der Waals surface area contributed by atoms with Crippen LogP contribution < -0.4 is 0 Å². The van der Waals surface area contributed by atoms with Gasteiger partial charge in [0.25, 0.3) is 0 Å². The fourth-order valence-electron chi connectivity index (χ4n) is 2.72. The quantitative estimate of drug-likeness (QED) is 0.828. The van der Waals surface area contributed by atoms with Crippen molar-refractivity contribution in [3.8, 4) is 0 Å². The van der Waals surface area contributed by atoms with Gasteiger partial charge in [0.2, 0.25) is 10.0 Å². The molecule has 2 aromatic carbocycles. The average Bonchev–Trinajstić information content (AvgIpc) is 3.02. The molecule has 0 amide bonds. The maximum atomic E-state index is 13.4. The van der Waals surface area contributed by atoms with Crippen LogP contribution in [0.2, 0.25) is 0 Å². The van der Waals surface area contributed by atoms with Crippen LogP contribution in [0.5, 0.6) is 0 Å². The van der Waals surface area contributed by atoms with Crippen molar-refractivity contribution in [2.75, 3.05) is 6.61 Å². The van der Waals surface area contributed by atoms with E-state index in [9.17, 15) is 21.6 Å². The summed E-state index contributed by atoms with van der Waals surface area (Å²) >= 11 is 0. The first-order chi connectivity index (χ1) is 11.7. The Morgan fingerprint density at radius 1 is 1.04 bits per heavy atom. The van der Waals surface area contributed by atoms with Crippen LogP contribution in [0.15, 0.2) is 59.5 Å². The van der Waals surface area contributed by atoms with Crippen LogP contribution in [-0.2, 0) is 14.8 Å². The molecule has 134 valence electrons. The van der Waals surface area contributed by atoms with Crippen molar-refractivity contribution in [2.24, 2.45) is 0 Å². The summed E-state index contributed by atoms with van der Waals surface area (Å²) in [6.07, 6.45) is -6.06. The van der Waals surface area contributed by atoms with Crippen LogP contribution in [0.1, 0.15) is 17.4 Å². The Hall–Kier alpha value is -1.90. The minimum absolute atomic E-state index is 0.196. The number of benzene rings is 2. The molecule has 4 nitrogen and oxygen atoms in total. The molecule has 2 atom stereocenters. The fourth-order valence-corrected chi connectivity index (χ4v) is 4.39. The Labute approximate surface area is 143 Å². The molecule has 1 saturated heterocycles. The highest BCUT2D eigenvalue weighted by atomic mass is 32.2. The van der Waals surface area contributed by atoms with Crippen LogP contribution in [-0.4, -0.2) is 31.5 Å². The largest absolute Gasteiger partial charge is 0.407 e. The van der Waals surface area contributed by atoms with Crippen LogP contribution >= 0.6 is 0 Å². The number of sulfonamides is 1. The third kappa shape index (κ3) is 3.42. The van der Waals surface area contributed by atoms with Gasteiger partial charge in [0.05, 0.1) is 11.5 Å². The summed E-state index contributed by atoms with van der Waals surface area (Å²) in [5.74, 6) is 0. The molecule has 2 aromatic rings. The first-order valence-corrected chi connectivity index (χ1v) is 8.99. The lowest BCUT2D eigenvalue weighted by Gasteiger charge is -2.28. The van der Waals surface area contributed by atoms with Gasteiger partial charge in [-0.05, 0) is 24.6 Å². The van der Waals surface area contributed by atoms with Crippen molar-refractivity contribution in [1.29, 1.82) is 0 Å². The second-order valence-electron chi connectivity index (χ2n) is 5.80. The summed E-state index contributed by atoms with van der Waals surface area (Å²) in [5.41, 5.74) is 1.16. The highest BCUT2D eigenvalue weighted by Crippen LogP contribution is 2.41. The molecule has 0 aromatic heterocycles. The molecular formula is C17H16F3NO3S. The number of halogens is 3. The molecule has 0 bridgehead atoms. The van der Waals surface area contributed by atoms with E-state index in [0.29, 0.717) is 9.87 Å². The number of nitrogens with zero attached hydrogens (tertiary/aromatic N) is 1. The topological polar surface area (TPSA) is 46.6 Å². The summed E-state index contributed by atoms with van der Waals surface area (Å²) in [6.45, 7) is 1.02. The van der Waals surface area contributed by atoms with E-state index in [0.717, 1.165) is 5.56 Å². The second kappa shape index (κ2) is 6.44. The van der Waals surface area contributed by atoms with Crippen LogP contribution in [0.3, 0.4) is 0 Å². The van der Waals surface area contributed by atoms with Gasteiger partial charge in [-0.2, -0.15) is 17.5 Å². The molecule has 8 heteroatoms. The van der Waals surface area contributed by atoms with Gasteiger partial charge < -0.3 is 4.74 Å². The Bertz CT molecular complexity index is 836. The standard InChI is InChI=1S/C17H16F3NO3S/c1-12-7-9-14(10-8-12)25(22,23)21-15(17(18,19)20)11-24-16(21)13-5-3-2-4-6-13/h2-10,15-16H,11H2,1H3. The molecule has 1 aliphatic heterocycles. The molecule has 0 radical (unpaired) electrons. The first-order valence-electron chi connectivity index (χ1n) is 7.55. The minimum Gasteiger partial charge on any atom is -0.356 e. The maximum Gasteiger partial charge on any atom is 0.407 e. The van der Waals surface area contributed by atoms with Crippen molar-refractivity contribution in [3.63, 3.8) is 0 Å². The Kier molecular flexibility index (Phi) is 4.61. The lowest BCUT2D eigenvalue weighted by atomic mass is 10.2. The predicted molar refractivity (Wildman–Crippen MR) is 85.2 cm³/mol. The number of hydrogen-bond donors (Lipinski definition) is 0. The molecule has 0 saturated carbocycles. The SMILES string of the molecule is Cc1ccc(S(=O)(=O)N2C(c3ccccc3)OCC2C(F)(F)F)cc1. The number of aryl methyl sites for hydroxylation is 1. The molecule has 0 spiro atoms. The Morgan fingerprint density at radius 3 is 2.20 bits per heavy atom. The molecular weight excluding hydrogens is 355 g/mol. The molecule has 3 rings (SSSR count). The third-order valence-corrected chi connectivity index (χ3v) is 5.88. The van der Waals surface area contributed by atoms with Gasteiger partial charge in [0, 0.05) is 0 Å². The smallest absolute Gasteiger partial charge is 0.356 e. The monoisotopic (exact) mass is 371 g/mol. The Balaban J connectivity index is 2.09.